The van der Waals surface area contributed by atoms with Crippen molar-refractivity contribution in [2.75, 3.05) is 16.8 Å². The summed E-state index contributed by atoms with van der Waals surface area (Å²) < 4.78 is 7.20. The first-order valence-corrected chi connectivity index (χ1v) is 13.7. The van der Waals surface area contributed by atoms with E-state index in [1.807, 2.05) is 13.8 Å². The number of nitrogens with zero attached hydrogens (tertiary/aromatic N) is 3. The van der Waals surface area contributed by atoms with Crippen LogP contribution in [0.2, 0.25) is 15.1 Å². The molecule has 2 amide bonds. The van der Waals surface area contributed by atoms with Gasteiger partial charge in [0, 0.05) is 34.8 Å². The van der Waals surface area contributed by atoms with Crippen LogP contribution in [0.4, 0.5) is 5.69 Å². The summed E-state index contributed by atoms with van der Waals surface area (Å²) in [6.45, 7) is 3.96. The summed E-state index contributed by atoms with van der Waals surface area (Å²) in [5.41, 5.74) is 0.389. The Kier molecular flexibility index (Phi) is 8.66. The molecule has 8 nitrogen and oxygen atoms in total. The van der Waals surface area contributed by atoms with Crippen molar-refractivity contribution in [2.24, 2.45) is 0 Å². The van der Waals surface area contributed by atoms with Gasteiger partial charge in [-0.1, -0.05) is 48.7 Å². The monoisotopic (exact) mass is 567 g/mol. The van der Waals surface area contributed by atoms with Crippen molar-refractivity contribution in [2.45, 2.75) is 38.8 Å². The zero-order chi connectivity index (χ0) is 25.8. The van der Waals surface area contributed by atoms with Crippen molar-refractivity contribution in [3.8, 4) is 11.7 Å². The molecule has 0 bridgehead atoms. The maximum absolute atomic E-state index is 13.5. The van der Waals surface area contributed by atoms with E-state index in [4.69, 9.17) is 39.5 Å². The van der Waals surface area contributed by atoms with Crippen LogP contribution in [0.3, 0.4) is 0 Å². The van der Waals surface area contributed by atoms with Gasteiger partial charge in [0.05, 0.1) is 21.3 Å². The van der Waals surface area contributed by atoms with Crippen LogP contribution in [0.25, 0.3) is 5.82 Å². The first kappa shape index (κ1) is 26.6. The number of rotatable bonds is 9. The topological polar surface area (TPSA) is 98.1 Å². The quantitative estimate of drug-likeness (QED) is 0.334. The Balaban J connectivity index is 1.70. The summed E-state index contributed by atoms with van der Waals surface area (Å²) in [5.74, 6) is 1.23. The molecule has 1 aliphatic heterocycles. The van der Waals surface area contributed by atoms with Gasteiger partial charge in [-0.05, 0) is 37.1 Å². The molecule has 1 aromatic carbocycles. The highest BCUT2D eigenvalue weighted by molar-refractivity contribution is 8.00. The average Bonchev–Trinajstić information content (AvgIpc) is 3.25. The molecular weight excluding hydrogens is 545 g/mol. The standard InChI is InChI=1S/C24H24Cl3N5O3S/c1-3-14(4-2)29-23(33)16-8-13(25)9-18(27)21(16)30-24(34)19-10-20(35-15-11-36-12-15)31-32(19)22-17(26)6-5-7-28-22/h5-10,14-15H,3-4,11-12H2,1-2H3,(H,29,33)(H,30,34). The molecule has 36 heavy (non-hydrogen) atoms. The first-order chi connectivity index (χ1) is 17.3. The number of thioether (sulfide) groups is 1. The largest absolute Gasteiger partial charge is 0.472 e. The normalized spacial score (nSPS) is 13.4. The van der Waals surface area contributed by atoms with Crippen LogP contribution in [0.5, 0.6) is 5.88 Å². The van der Waals surface area contributed by atoms with E-state index in [9.17, 15) is 9.59 Å². The lowest BCUT2D eigenvalue weighted by molar-refractivity contribution is 0.0935. The van der Waals surface area contributed by atoms with Gasteiger partial charge < -0.3 is 15.4 Å². The molecule has 3 heterocycles. The molecule has 190 valence electrons. The Bertz CT molecular complexity index is 1280. The Hall–Kier alpha value is -2.46. The highest BCUT2D eigenvalue weighted by atomic mass is 35.5. The molecular formula is C24H24Cl3N5O3S. The predicted molar refractivity (Wildman–Crippen MR) is 144 cm³/mol. The number of halogens is 3. The second-order valence-electron chi connectivity index (χ2n) is 8.12. The number of pyridine rings is 1. The lowest BCUT2D eigenvalue weighted by Crippen LogP contribution is -2.34. The second kappa shape index (κ2) is 11.7. The lowest BCUT2D eigenvalue weighted by Gasteiger charge is -2.24. The summed E-state index contributed by atoms with van der Waals surface area (Å²) >= 11 is 20.7. The van der Waals surface area contributed by atoms with E-state index in [2.05, 4.69) is 20.7 Å². The van der Waals surface area contributed by atoms with Crippen molar-refractivity contribution in [1.29, 1.82) is 0 Å². The molecule has 3 aromatic rings. The number of benzene rings is 1. The minimum absolute atomic E-state index is 0.0135. The molecule has 12 heteroatoms. The Morgan fingerprint density at radius 2 is 1.89 bits per heavy atom. The molecule has 0 unspecified atom stereocenters. The van der Waals surface area contributed by atoms with Gasteiger partial charge in [0.2, 0.25) is 5.88 Å². The summed E-state index contributed by atoms with van der Waals surface area (Å²) in [6.07, 6.45) is 3.07. The fraction of sp³-hybridized carbons (Fsp3) is 0.333. The van der Waals surface area contributed by atoms with Crippen LogP contribution in [0, 0.1) is 0 Å². The Morgan fingerprint density at radius 3 is 2.53 bits per heavy atom. The summed E-state index contributed by atoms with van der Waals surface area (Å²) in [4.78, 5) is 30.9. The number of amides is 2. The van der Waals surface area contributed by atoms with Crippen molar-refractivity contribution in [3.63, 3.8) is 0 Å². The van der Waals surface area contributed by atoms with Gasteiger partial charge in [0.1, 0.15) is 11.8 Å². The number of carbonyl (C=O) groups is 2. The highest BCUT2D eigenvalue weighted by Gasteiger charge is 2.26. The van der Waals surface area contributed by atoms with Gasteiger partial charge in [-0.25, -0.2) is 9.67 Å². The third-order valence-corrected chi connectivity index (χ3v) is 7.64. The Labute approximate surface area is 228 Å². The van der Waals surface area contributed by atoms with Crippen molar-refractivity contribution in [3.05, 3.63) is 62.9 Å². The van der Waals surface area contributed by atoms with Crippen LogP contribution in [-0.2, 0) is 0 Å². The van der Waals surface area contributed by atoms with Gasteiger partial charge in [0.25, 0.3) is 11.8 Å². The van der Waals surface area contributed by atoms with E-state index in [1.165, 1.54) is 22.9 Å². The van der Waals surface area contributed by atoms with Gasteiger partial charge >= 0.3 is 0 Å². The molecule has 1 aliphatic rings. The third-order valence-electron chi connectivity index (χ3n) is 5.61. The molecule has 1 saturated heterocycles. The summed E-state index contributed by atoms with van der Waals surface area (Å²) in [6, 6.07) is 7.73. The molecule has 0 radical (unpaired) electrons. The minimum Gasteiger partial charge on any atom is -0.472 e. The molecule has 0 spiro atoms. The second-order valence-corrected chi connectivity index (χ2v) is 10.4. The summed E-state index contributed by atoms with van der Waals surface area (Å²) in [5, 5.41) is 10.8. The van der Waals surface area contributed by atoms with Crippen LogP contribution in [0.1, 0.15) is 47.5 Å². The zero-order valence-electron chi connectivity index (χ0n) is 19.6. The smallest absolute Gasteiger partial charge is 0.274 e. The number of hydrogen-bond acceptors (Lipinski definition) is 6. The maximum Gasteiger partial charge on any atom is 0.274 e. The fourth-order valence-corrected chi connectivity index (χ4v) is 4.85. The van der Waals surface area contributed by atoms with Gasteiger partial charge in [-0.15, -0.1) is 5.10 Å². The third kappa shape index (κ3) is 5.91. The predicted octanol–water partition coefficient (Wildman–Crippen LogP) is 5.89. The first-order valence-electron chi connectivity index (χ1n) is 11.4. The number of aromatic nitrogens is 3. The van der Waals surface area contributed by atoms with E-state index in [1.54, 1.807) is 30.1 Å². The molecule has 2 aromatic heterocycles. The number of carbonyl (C=O) groups excluding carboxylic acids is 2. The number of anilines is 1. The van der Waals surface area contributed by atoms with E-state index in [-0.39, 0.29) is 50.8 Å². The molecule has 4 rings (SSSR count). The lowest BCUT2D eigenvalue weighted by atomic mass is 10.1. The van der Waals surface area contributed by atoms with Gasteiger partial charge in [0.15, 0.2) is 5.82 Å². The van der Waals surface area contributed by atoms with E-state index >= 15 is 0 Å². The van der Waals surface area contributed by atoms with Crippen LogP contribution >= 0.6 is 46.6 Å². The van der Waals surface area contributed by atoms with Gasteiger partial charge in [-0.2, -0.15) is 11.8 Å². The molecule has 1 fully saturated rings. The number of ether oxygens (including phenoxy) is 1. The minimum atomic E-state index is -0.581. The number of hydrogen-bond donors (Lipinski definition) is 2. The molecule has 0 atom stereocenters. The van der Waals surface area contributed by atoms with Crippen LogP contribution in [0.15, 0.2) is 36.5 Å². The number of nitrogens with one attached hydrogen (secondary N) is 2. The zero-order valence-corrected chi connectivity index (χ0v) is 22.6. The van der Waals surface area contributed by atoms with Crippen LogP contribution < -0.4 is 15.4 Å². The summed E-state index contributed by atoms with van der Waals surface area (Å²) in [7, 11) is 0. The highest BCUT2D eigenvalue weighted by Crippen LogP contribution is 2.32. The van der Waals surface area contributed by atoms with Crippen molar-refractivity contribution in [1.82, 2.24) is 20.1 Å². The molecule has 0 aliphatic carbocycles. The molecule has 0 saturated carbocycles. The van der Waals surface area contributed by atoms with E-state index in [0.29, 0.717) is 5.02 Å². The van der Waals surface area contributed by atoms with E-state index in [0.717, 1.165) is 24.3 Å². The van der Waals surface area contributed by atoms with Crippen molar-refractivity contribution >= 4 is 64.1 Å². The van der Waals surface area contributed by atoms with Gasteiger partial charge in [-0.3, -0.25) is 9.59 Å². The fourth-order valence-electron chi connectivity index (χ4n) is 3.54. The van der Waals surface area contributed by atoms with Crippen molar-refractivity contribution < 1.29 is 14.3 Å². The Morgan fingerprint density at radius 1 is 1.14 bits per heavy atom. The van der Waals surface area contributed by atoms with E-state index < -0.39 is 11.8 Å². The molecule has 2 N–H and O–H groups in total. The maximum atomic E-state index is 13.5. The van der Waals surface area contributed by atoms with Crippen LogP contribution in [-0.4, -0.2) is 50.2 Å². The average molecular weight is 569 g/mol. The SMILES string of the molecule is CCC(CC)NC(=O)c1cc(Cl)cc(Cl)c1NC(=O)c1cc(OC2CSC2)nn1-c1ncccc1Cl.